The van der Waals surface area contributed by atoms with Gasteiger partial charge in [-0.1, -0.05) is 85.3 Å². The largest absolute Gasteiger partial charge is 0.460 e. The third kappa shape index (κ3) is 4.51. The summed E-state index contributed by atoms with van der Waals surface area (Å²) >= 11 is 0. The molecule has 0 aliphatic heterocycles. The lowest BCUT2D eigenvalue weighted by atomic mass is 9.32. The highest BCUT2D eigenvalue weighted by Crippen LogP contribution is 2.77. The predicted octanol–water partition coefficient (Wildman–Crippen LogP) is 10.1. The minimum atomic E-state index is -0.306. The van der Waals surface area contributed by atoms with E-state index >= 15 is 0 Å². The van der Waals surface area contributed by atoms with Crippen molar-refractivity contribution in [3.8, 4) is 0 Å². The zero-order chi connectivity index (χ0) is 27.9. The molecule has 0 aromatic heterocycles. The number of carbonyl (C=O) groups is 1. The summed E-state index contributed by atoms with van der Waals surface area (Å²) in [6.45, 7) is 28.5. The van der Waals surface area contributed by atoms with Crippen molar-refractivity contribution < 1.29 is 9.53 Å². The lowest BCUT2D eigenvalue weighted by molar-refractivity contribution is -0.240. The number of hydrogen-bond acceptors (Lipinski definition) is 2. The maximum atomic E-state index is 13.9. The molecule has 3 fully saturated rings. The molecule has 0 aromatic rings. The van der Waals surface area contributed by atoms with Gasteiger partial charge < -0.3 is 4.74 Å². The van der Waals surface area contributed by atoms with E-state index in [1.165, 1.54) is 31.3 Å². The van der Waals surface area contributed by atoms with Crippen molar-refractivity contribution in [2.45, 2.75) is 127 Å². The van der Waals surface area contributed by atoms with Crippen LogP contribution >= 0.6 is 0 Å². The Morgan fingerprint density at radius 2 is 1.78 bits per heavy atom. The first-order valence-electron chi connectivity index (χ1n) is 15.3. The van der Waals surface area contributed by atoms with Crippen LogP contribution in [-0.2, 0) is 9.53 Å². The van der Waals surface area contributed by atoms with Crippen molar-refractivity contribution >= 4 is 5.97 Å². The first-order valence-corrected chi connectivity index (χ1v) is 15.3. The molecular weight excluding hydrogens is 452 g/mol. The van der Waals surface area contributed by atoms with E-state index in [1.807, 2.05) is 19.1 Å². The maximum Gasteiger partial charge on any atom is 0.312 e. The highest BCUT2D eigenvalue weighted by molar-refractivity contribution is 5.78. The average Bonchev–Trinajstić information content (AvgIpc) is 3.31. The van der Waals surface area contributed by atoms with Crippen molar-refractivity contribution in [1.29, 1.82) is 0 Å². The zero-order valence-corrected chi connectivity index (χ0v) is 26.1. The van der Waals surface area contributed by atoms with Crippen LogP contribution in [0.2, 0.25) is 0 Å². The highest BCUT2D eigenvalue weighted by atomic mass is 16.5. The number of fused-ring (bicyclic) bond motifs is 3. The van der Waals surface area contributed by atoms with Crippen LogP contribution in [0.3, 0.4) is 0 Å². The molecule has 0 N–H and O–H groups in total. The summed E-state index contributed by atoms with van der Waals surface area (Å²) < 4.78 is 6.04. The van der Waals surface area contributed by atoms with Gasteiger partial charge in [0.05, 0.1) is 5.41 Å². The summed E-state index contributed by atoms with van der Waals surface area (Å²) in [5, 5.41) is 0. The van der Waals surface area contributed by atoms with Gasteiger partial charge in [-0.2, -0.15) is 0 Å². The second-order valence-corrected chi connectivity index (χ2v) is 14.5. The predicted molar refractivity (Wildman–Crippen MR) is 158 cm³/mol. The summed E-state index contributed by atoms with van der Waals surface area (Å²) in [4.78, 5) is 13.9. The van der Waals surface area contributed by atoms with Crippen molar-refractivity contribution in [2.75, 3.05) is 6.61 Å². The Balaban J connectivity index is 2.02. The minimum absolute atomic E-state index is 0.0652. The number of ether oxygens (including phenoxy) is 1. The molecular formula is C35H58O2. The Kier molecular flexibility index (Phi) is 8.74. The third-order valence-corrected chi connectivity index (χ3v) is 13.1. The van der Waals surface area contributed by atoms with E-state index in [-0.39, 0.29) is 33.0 Å². The monoisotopic (exact) mass is 510 g/mol. The van der Waals surface area contributed by atoms with Crippen molar-refractivity contribution in [1.82, 2.24) is 0 Å². The van der Waals surface area contributed by atoms with Crippen LogP contribution in [0.4, 0.5) is 0 Å². The molecule has 7 atom stereocenters. The fourth-order valence-corrected chi connectivity index (χ4v) is 9.78. The molecule has 2 heteroatoms. The van der Waals surface area contributed by atoms with Crippen LogP contribution in [0.1, 0.15) is 127 Å². The molecule has 3 aliphatic carbocycles. The van der Waals surface area contributed by atoms with Crippen LogP contribution in [0.15, 0.2) is 36.0 Å². The van der Waals surface area contributed by atoms with Crippen molar-refractivity contribution in [2.24, 2.45) is 44.8 Å². The smallest absolute Gasteiger partial charge is 0.312 e. The van der Waals surface area contributed by atoms with Gasteiger partial charge in [0.25, 0.3) is 0 Å². The second kappa shape index (κ2) is 10.7. The van der Waals surface area contributed by atoms with Gasteiger partial charge in [-0.15, -0.1) is 0 Å². The van der Waals surface area contributed by atoms with Gasteiger partial charge in [-0.3, -0.25) is 4.79 Å². The Bertz CT molecular complexity index is 922. The van der Waals surface area contributed by atoms with E-state index < -0.39 is 0 Å². The Hall–Kier alpha value is -1.31. The Labute approximate surface area is 229 Å². The van der Waals surface area contributed by atoms with Crippen LogP contribution in [-0.4, -0.2) is 12.6 Å². The van der Waals surface area contributed by atoms with Crippen LogP contribution in [0.25, 0.3) is 0 Å². The topological polar surface area (TPSA) is 26.3 Å². The fraction of sp³-hybridized carbons (Fsp3) is 0.800. The molecule has 0 bridgehead atoms. The molecule has 0 spiro atoms. The van der Waals surface area contributed by atoms with Gasteiger partial charge >= 0.3 is 5.97 Å². The number of rotatable bonds is 9. The molecule has 3 rings (SSSR count). The van der Waals surface area contributed by atoms with E-state index in [1.54, 1.807) is 0 Å². The molecule has 0 heterocycles. The molecule has 210 valence electrons. The van der Waals surface area contributed by atoms with Crippen LogP contribution in [0, 0.1) is 44.8 Å². The first-order chi connectivity index (χ1) is 17.2. The summed E-state index contributed by atoms with van der Waals surface area (Å²) in [6, 6.07) is 0. The average molecular weight is 511 g/mol. The maximum absolute atomic E-state index is 13.9. The normalized spacial score (nSPS) is 39.4. The zero-order valence-electron chi connectivity index (χ0n) is 26.1. The molecule has 2 unspecified atom stereocenters. The standard InChI is InChI=1S/C35H58O2/c1-12-27(13-2)24-37-30(36)35-19-15-16-29(35)33(10)21-18-28(31(8,26(6)7)20-17-25(4)5)32(9,14-3)34(33,11)22-23-35/h12-13,17,26,28-29H,1,14-16,18-24H2,2-11H3/b27-13+/t28-,29-,31+,32-,33-,34?,35?/m1/s1. The first kappa shape index (κ1) is 30.2. The molecule has 3 saturated carbocycles. The number of allylic oxidation sites excluding steroid dienone is 3. The highest BCUT2D eigenvalue weighted by Gasteiger charge is 2.72. The summed E-state index contributed by atoms with van der Waals surface area (Å²) in [6.07, 6.45) is 16.6. The number of carbonyl (C=O) groups excluding carboxylic acids is 1. The number of esters is 1. The van der Waals surface area contributed by atoms with Gasteiger partial charge in [0, 0.05) is 0 Å². The van der Waals surface area contributed by atoms with E-state index in [0.717, 1.165) is 37.7 Å². The van der Waals surface area contributed by atoms with E-state index in [2.05, 4.69) is 75.0 Å². The van der Waals surface area contributed by atoms with Crippen molar-refractivity contribution in [3.05, 3.63) is 36.0 Å². The molecule has 0 saturated heterocycles. The SMILES string of the molecule is C=C/C(=C\C)COC(=O)C12CCC[C@@H]1[C@@]1(C)CC[C@H]([C@@](C)(CC=C(C)C)C(C)C)[C@@](C)(CC)C1(C)CC2. The van der Waals surface area contributed by atoms with Crippen molar-refractivity contribution in [3.63, 3.8) is 0 Å². The van der Waals surface area contributed by atoms with Gasteiger partial charge in [0.1, 0.15) is 6.61 Å². The van der Waals surface area contributed by atoms with Gasteiger partial charge in [-0.05, 0) is 117 Å². The summed E-state index contributed by atoms with van der Waals surface area (Å²) in [5.41, 5.74) is 2.97. The molecule has 2 nitrogen and oxygen atoms in total. The van der Waals surface area contributed by atoms with Gasteiger partial charge in [0.15, 0.2) is 0 Å². The Morgan fingerprint density at radius 1 is 1.11 bits per heavy atom. The second-order valence-electron chi connectivity index (χ2n) is 14.5. The molecule has 0 aromatic carbocycles. The quantitative estimate of drug-likeness (QED) is 0.175. The molecule has 0 amide bonds. The van der Waals surface area contributed by atoms with Crippen LogP contribution in [0.5, 0.6) is 0 Å². The molecule has 37 heavy (non-hydrogen) atoms. The lowest BCUT2D eigenvalue weighted by Crippen LogP contribution is -2.66. The summed E-state index contributed by atoms with van der Waals surface area (Å²) in [5.74, 6) is 1.78. The van der Waals surface area contributed by atoms with E-state index in [4.69, 9.17) is 4.74 Å². The lowest BCUT2D eigenvalue weighted by Gasteiger charge is -2.72. The number of hydrogen-bond donors (Lipinski definition) is 0. The van der Waals surface area contributed by atoms with E-state index in [0.29, 0.717) is 24.4 Å². The fourth-order valence-electron chi connectivity index (χ4n) is 9.78. The Morgan fingerprint density at radius 3 is 2.32 bits per heavy atom. The molecule has 0 radical (unpaired) electrons. The minimum Gasteiger partial charge on any atom is -0.460 e. The summed E-state index contributed by atoms with van der Waals surface area (Å²) in [7, 11) is 0. The molecule has 3 aliphatic rings. The van der Waals surface area contributed by atoms with E-state index in [9.17, 15) is 4.79 Å². The third-order valence-electron chi connectivity index (χ3n) is 13.1. The van der Waals surface area contributed by atoms with Gasteiger partial charge in [0.2, 0.25) is 0 Å². The van der Waals surface area contributed by atoms with Crippen LogP contribution < -0.4 is 0 Å². The van der Waals surface area contributed by atoms with Gasteiger partial charge in [-0.25, -0.2) is 0 Å².